The Morgan fingerprint density at radius 3 is 2.30 bits per heavy atom. The molecule has 20 heavy (non-hydrogen) atoms. The molecule has 0 aromatic heterocycles. The molecule has 0 saturated heterocycles. The number of benzene rings is 1. The Hall–Kier alpha value is -1.40. The van der Waals surface area contributed by atoms with Crippen LogP contribution < -0.4 is 0 Å². The van der Waals surface area contributed by atoms with Crippen molar-refractivity contribution in [1.82, 2.24) is 4.90 Å². The Morgan fingerprint density at radius 1 is 1.25 bits per heavy atom. The number of hydrogen-bond acceptors (Lipinski definition) is 4. The van der Waals surface area contributed by atoms with E-state index in [1.165, 1.54) is 6.92 Å². The first-order valence-corrected chi connectivity index (χ1v) is 7.94. The Bertz CT molecular complexity index is 588. The molecule has 0 atom stereocenters. The maximum Gasteiger partial charge on any atom is 0.297 e. The van der Waals surface area contributed by atoms with E-state index in [1.54, 1.807) is 36.2 Å². The molecule has 0 bridgehead atoms. The number of nitrogens with zero attached hydrogens (tertiary/aromatic N) is 1. The van der Waals surface area contributed by atoms with E-state index >= 15 is 0 Å². The lowest BCUT2D eigenvalue weighted by molar-refractivity contribution is -0.132. The molecule has 1 amide bonds. The summed E-state index contributed by atoms with van der Waals surface area (Å²) in [6.45, 7) is 3.39. The normalized spacial score (nSPS) is 22.1. The molecule has 2 rings (SSSR count). The van der Waals surface area contributed by atoms with Crippen molar-refractivity contribution >= 4 is 16.0 Å². The lowest BCUT2D eigenvalue weighted by Gasteiger charge is -2.39. The quantitative estimate of drug-likeness (QED) is 0.794. The van der Waals surface area contributed by atoms with Crippen LogP contribution in [0.5, 0.6) is 0 Å². The molecule has 5 nitrogen and oxygen atoms in total. The second kappa shape index (κ2) is 5.54. The summed E-state index contributed by atoms with van der Waals surface area (Å²) >= 11 is 0. The van der Waals surface area contributed by atoms with Gasteiger partial charge < -0.3 is 4.90 Å². The molecular formula is C14H19NO4S. The molecule has 0 N–H and O–H groups in total. The van der Waals surface area contributed by atoms with E-state index < -0.39 is 10.1 Å². The zero-order valence-electron chi connectivity index (χ0n) is 11.9. The molecule has 1 aromatic carbocycles. The van der Waals surface area contributed by atoms with Crippen LogP contribution in [0.4, 0.5) is 0 Å². The van der Waals surface area contributed by atoms with Gasteiger partial charge in [-0.15, -0.1) is 0 Å². The van der Waals surface area contributed by atoms with E-state index in [9.17, 15) is 13.2 Å². The van der Waals surface area contributed by atoms with Crippen molar-refractivity contribution in [3.05, 3.63) is 29.8 Å². The van der Waals surface area contributed by atoms with Crippen LogP contribution in [0.1, 0.15) is 25.3 Å². The zero-order chi connectivity index (χ0) is 14.9. The van der Waals surface area contributed by atoms with Crippen molar-refractivity contribution < 1.29 is 17.4 Å². The van der Waals surface area contributed by atoms with Gasteiger partial charge in [0.05, 0.1) is 11.0 Å². The highest BCUT2D eigenvalue weighted by atomic mass is 32.2. The highest BCUT2D eigenvalue weighted by Crippen LogP contribution is 2.30. The van der Waals surface area contributed by atoms with Gasteiger partial charge in [-0.25, -0.2) is 0 Å². The van der Waals surface area contributed by atoms with Crippen LogP contribution >= 0.6 is 0 Å². The zero-order valence-corrected chi connectivity index (χ0v) is 12.7. The lowest BCUT2D eigenvalue weighted by Crippen LogP contribution is -2.48. The third kappa shape index (κ3) is 3.19. The SMILES string of the molecule is CC(=O)N(C)C1CC(OS(=O)(=O)c2ccc(C)cc2)C1. The van der Waals surface area contributed by atoms with Gasteiger partial charge in [-0.2, -0.15) is 8.42 Å². The molecule has 0 heterocycles. The maximum absolute atomic E-state index is 12.1. The second-order valence-corrected chi connectivity index (χ2v) is 6.81. The number of aryl methyl sites for hydroxylation is 1. The lowest BCUT2D eigenvalue weighted by atomic mass is 9.88. The molecule has 0 aliphatic heterocycles. The summed E-state index contributed by atoms with van der Waals surface area (Å²) in [6, 6.07) is 6.64. The summed E-state index contributed by atoms with van der Waals surface area (Å²) < 4.78 is 29.3. The largest absolute Gasteiger partial charge is 0.343 e. The Morgan fingerprint density at radius 2 is 1.80 bits per heavy atom. The highest BCUT2D eigenvalue weighted by Gasteiger charge is 2.37. The fourth-order valence-electron chi connectivity index (χ4n) is 2.13. The summed E-state index contributed by atoms with van der Waals surface area (Å²) in [5.41, 5.74) is 0.996. The smallest absolute Gasteiger partial charge is 0.297 e. The van der Waals surface area contributed by atoms with Gasteiger partial charge >= 0.3 is 0 Å². The van der Waals surface area contributed by atoms with Crippen LogP contribution in [-0.2, 0) is 19.1 Å². The first-order chi connectivity index (χ1) is 9.29. The third-order valence-corrected chi connectivity index (χ3v) is 5.06. The molecule has 0 radical (unpaired) electrons. The number of carbonyl (C=O) groups excluding carboxylic acids is 1. The summed E-state index contributed by atoms with van der Waals surface area (Å²) in [5.74, 6) is -0.0187. The van der Waals surface area contributed by atoms with Gasteiger partial charge in [-0.05, 0) is 31.9 Å². The molecule has 1 fully saturated rings. The van der Waals surface area contributed by atoms with Crippen molar-refractivity contribution in [3.63, 3.8) is 0 Å². The van der Waals surface area contributed by atoms with E-state index in [0.29, 0.717) is 12.8 Å². The first kappa shape index (κ1) is 15.0. The Labute approximate surface area is 119 Å². The van der Waals surface area contributed by atoms with Gasteiger partial charge in [0.1, 0.15) is 0 Å². The van der Waals surface area contributed by atoms with Gasteiger partial charge in [0, 0.05) is 20.0 Å². The number of rotatable bonds is 4. The summed E-state index contributed by atoms with van der Waals surface area (Å²) in [6.07, 6.45) is 0.774. The van der Waals surface area contributed by atoms with Crippen LogP contribution in [0.2, 0.25) is 0 Å². The minimum absolute atomic E-state index is 0.0187. The van der Waals surface area contributed by atoms with Crippen LogP contribution in [0, 0.1) is 6.92 Å². The molecule has 0 unspecified atom stereocenters. The van der Waals surface area contributed by atoms with E-state index in [2.05, 4.69) is 0 Å². The molecule has 1 aliphatic carbocycles. The van der Waals surface area contributed by atoms with Crippen LogP contribution in [-0.4, -0.2) is 38.4 Å². The molecule has 6 heteroatoms. The van der Waals surface area contributed by atoms with Crippen molar-refractivity contribution in [2.45, 2.75) is 43.7 Å². The second-order valence-electron chi connectivity index (χ2n) is 5.24. The average molecular weight is 297 g/mol. The maximum atomic E-state index is 12.1. The monoisotopic (exact) mass is 297 g/mol. The van der Waals surface area contributed by atoms with Crippen molar-refractivity contribution in [1.29, 1.82) is 0 Å². The minimum atomic E-state index is -3.71. The van der Waals surface area contributed by atoms with Crippen molar-refractivity contribution in [3.8, 4) is 0 Å². The average Bonchev–Trinajstić information content (AvgIpc) is 2.33. The number of hydrogen-bond donors (Lipinski definition) is 0. The predicted octanol–water partition coefficient (Wildman–Crippen LogP) is 1.71. The number of carbonyl (C=O) groups is 1. The predicted molar refractivity (Wildman–Crippen MR) is 74.7 cm³/mol. The summed E-state index contributed by atoms with van der Waals surface area (Å²) in [4.78, 5) is 13.0. The van der Waals surface area contributed by atoms with Gasteiger partial charge in [0.15, 0.2) is 0 Å². The molecule has 1 aliphatic rings. The fraction of sp³-hybridized carbons (Fsp3) is 0.500. The van der Waals surface area contributed by atoms with Gasteiger partial charge in [-0.3, -0.25) is 8.98 Å². The standard InChI is InChI=1S/C14H19NO4S/c1-10-4-6-14(7-5-10)20(17,18)19-13-8-12(9-13)15(3)11(2)16/h4-7,12-13H,8-9H2,1-3H3. The van der Waals surface area contributed by atoms with Gasteiger partial charge in [0.2, 0.25) is 5.91 Å². The Kier molecular flexibility index (Phi) is 4.15. The molecule has 1 aromatic rings. The van der Waals surface area contributed by atoms with E-state index in [1.807, 2.05) is 6.92 Å². The molecule has 1 saturated carbocycles. The van der Waals surface area contributed by atoms with Gasteiger partial charge in [-0.1, -0.05) is 17.7 Å². The molecule has 110 valence electrons. The summed E-state index contributed by atoms with van der Waals surface area (Å²) in [5, 5.41) is 0. The molecule has 0 spiro atoms. The third-order valence-electron chi connectivity index (χ3n) is 3.69. The van der Waals surface area contributed by atoms with E-state index in [0.717, 1.165) is 5.56 Å². The van der Waals surface area contributed by atoms with Crippen LogP contribution in [0.25, 0.3) is 0 Å². The minimum Gasteiger partial charge on any atom is -0.343 e. The first-order valence-electron chi connectivity index (χ1n) is 6.53. The Balaban J connectivity index is 1.95. The van der Waals surface area contributed by atoms with Crippen LogP contribution in [0.3, 0.4) is 0 Å². The van der Waals surface area contributed by atoms with Gasteiger partial charge in [0.25, 0.3) is 10.1 Å². The van der Waals surface area contributed by atoms with Crippen LogP contribution in [0.15, 0.2) is 29.2 Å². The number of amides is 1. The molecular weight excluding hydrogens is 278 g/mol. The fourth-order valence-corrected chi connectivity index (χ4v) is 3.23. The van der Waals surface area contributed by atoms with Crippen molar-refractivity contribution in [2.75, 3.05) is 7.05 Å². The summed E-state index contributed by atoms with van der Waals surface area (Å²) in [7, 11) is -1.99. The highest BCUT2D eigenvalue weighted by molar-refractivity contribution is 7.86. The van der Waals surface area contributed by atoms with Crippen molar-refractivity contribution in [2.24, 2.45) is 0 Å². The van der Waals surface area contributed by atoms with E-state index in [-0.39, 0.29) is 22.9 Å². The van der Waals surface area contributed by atoms with E-state index in [4.69, 9.17) is 4.18 Å². The topological polar surface area (TPSA) is 63.7 Å².